The summed E-state index contributed by atoms with van der Waals surface area (Å²) >= 11 is 0. The van der Waals surface area contributed by atoms with Gasteiger partial charge in [-0.05, 0) is 11.6 Å². The minimum absolute atomic E-state index is 0.0739. The highest BCUT2D eigenvalue weighted by Gasteiger charge is 2.42. The maximum Gasteiger partial charge on any atom is 0.312 e. The predicted octanol–water partition coefficient (Wildman–Crippen LogP) is 3.94. The van der Waals surface area contributed by atoms with Crippen molar-refractivity contribution in [1.82, 2.24) is 4.57 Å². The van der Waals surface area contributed by atoms with Gasteiger partial charge in [-0.2, -0.15) is 0 Å². The highest BCUT2D eigenvalue weighted by Crippen LogP contribution is 2.47. The molecule has 5 heteroatoms. The van der Waals surface area contributed by atoms with Crippen LogP contribution in [0.4, 0.5) is 0 Å². The van der Waals surface area contributed by atoms with E-state index in [0.29, 0.717) is 22.5 Å². The van der Waals surface area contributed by atoms with Crippen LogP contribution in [0.25, 0.3) is 16.7 Å². The van der Waals surface area contributed by atoms with Crippen molar-refractivity contribution in [3.05, 3.63) is 77.0 Å². The second-order valence-electron chi connectivity index (χ2n) is 6.84. The molecule has 1 atom stereocenters. The fraction of sp³-hybridized carbons (Fsp3) is 0.136. The van der Waals surface area contributed by atoms with Crippen molar-refractivity contribution in [2.45, 2.75) is 19.3 Å². The topological polar surface area (TPSA) is 65.4 Å². The number of ketones is 1. The Bertz CT molecular complexity index is 1200. The molecule has 27 heavy (non-hydrogen) atoms. The van der Waals surface area contributed by atoms with Gasteiger partial charge in [0.1, 0.15) is 5.76 Å². The molecule has 1 aromatic heterocycles. The highest BCUT2D eigenvalue weighted by atomic mass is 16.5. The lowest BCUT2D eigenvalue weighted by atomic mass is 9.85. The Hall–Kier alpha value is -3.47. The summed E-state index contributed by atoms with van der Waals surface area (Å²) in [5.41, 5.74) is 3.28. The first-order valence-corrected chi connectivity index (χ1v) is 8.76. The number of hydrogen-bond donors (Lipinski definition) is 0. The molecule has 0 unspecified atom stereocenters. The van der Waals surface area contributed by atoms with E-state index in [0.717, 1.165) is 16.5 Å². The Kier molecular flexibility index (Phi) is 3.22. The van der Waals surface area contributed by atoms with Gasteiger partial charge in [-0.1, -0.05) is 42.5 Å². The zero-order valence-corrected chi connectivity index (χ0v) is 14.6. The Morgan fingerprint density at radius 2 is 1.74 bits per heavy atom. The molecule has 1 aliphatic heterocycles. The number of benzene rings is 2. The first-order valence-electron chi connectivity index (χ1n) is 8.76. The number of aromatic nitrogens is 1. The molecule has 0 radical (unpaired) electrons. The van der Waals surface area contributed by atoms with Gasteiger partial charge in [-0.15, -0.1) is 0 Å². The Morgan fingerprint density at radius 1 is 1.04 bits per heavy atom. The third-order valence-electron chi connectivity index (χ3n) is 5.30. The molecule has 2 aliphatic rings. The van der Waals surface area contributed by atoms with Crippen LogP contribution in [0.5, 0.6) is 0 Å². The number of nitrogens with zero attached hydrogens (tertiary/aromatic N) is 1. The van der Waals surface area contributed by atoms with E-state index >= 15 is 0 Å². The molecular formula is C22H15NO4. The molecule has 0 bridgehead atoms. The summed E-state index contributed by atoms with van der Waals surface area (Å²) in [4.78, 5) is 37.5. The summed E-state index contributed by atoms with van der Waals surface area (Å²) in [5.74, 6) is -0.685. The van der Waals surface area contributed by atoms with E-state index in [1.165, 1.54) is 6.92 Å². The van der Waals surface area contributed by atoms with E-state index in [-0.39, 0.29) is 24.1 Å². The average Bonchev–Trinajstić information content (AvgIpc) is 3.19. The number of rotatable bonds is 1. The summed E-state index contributed by atoms with van der Waals surface area (Å²) in [6.07, 6.45) is 1.82. The van der Waals surface area contributed by atoms with Gasteiger partial charge in [-0.25, -0.2) is 0 Å². The van der Waals surface area contributed by atoms with Crippen LogP contribution in [-0.4, -0.2) is 22.2 Å². The number of allylic oxidation sites excluding steroid dienone is 1. The second kappa shape index (κ2) is 5.51. The molecule has 0 spiro atoms. The highest BCUT2D eigenvalue weighted by molar-refractivity contribution is 6.22. The lowest BCUT2D eigenvalue weighted by molar-refractivity contribution is -0.137. The zero-order valence-electron chi connectivity index (χ0n) is 14.6. The minimum Gasteiger partial charge on any atom is -0.425 e. The van der Waals surface area contributed by atoms with Gasteiger partial charge in [0.2, 0.25) is 5.91 Å². The Labute approximate surface area is 154 Å². The molecule has 0 saturated carbocycles. The maximum absolute atomic E-state index is 13.1. The fourth-order valence-electron chi connectivity index (χ4n) is 4.13. The van der Waals surface area contributed by atoms with Gasteiger partial charge in [-0.3, -0.25) is 19.0 Å². The standard InChI is InChI=1S/C22H15NO4/c1-12(24)23-11-17(13-6-4-5-9-18(13)23)16-10-19(25)27-22-15-8-3-2-7-14(15)21(26)20(16)22/h2-9,11,16H,10H2,1H3/t16-/m1/s1. The SMILES string of the molecule is CC(=O)n1cc([C@H]2CC(=O)OC3=C2C(=O)c2ccccc23)c2ccccc21. The minimum atomic E-state index is -0.438. The quantitative estimate of drug-likeness (QED) is 0.619. The molecule has 1 aliphatic carbocycles. The van der Waals surface area contributed by atoms with E-state index in [1.54, 1.807) is 29.0 Å². The number of hydrogen-bond acceptors (Lipinski definition) is 4. The molecule has 0 amide bonds. The van der Waals surface area contributed by atoms with Crippen LogP contribution in [0.2, 0.25) is 0 Å². The summed E-state index contributed by atoms with van der Waals surface area (Å²) in [6.45, 7) is 1.49. The van der Waals surface area contributed by atoms with Gasteiger partial charge < -0.3 is 4.74 Å². The van der Waals surface area contributed by atoms with Crippen molar-refractivity contribution >= 4 is 34.3 Å². The summed E-state index contributed by atoms with van der Waals surface area (Å²) in [5, 5.41) is 0.864. The van der Waals surface area contributed by atoms with Crippen LogP contribution in [0.15, 0.2) is 60.3 Å². The van der Waals surface area contributed by atoms with Gasteiger partial charge in [0, 0.05) is 35.6 Å². The first-order chi connectivity index (χ1) is 13.1. The molecule has 3 aromatic rings. The summed E-state index contributed by atoms with van der Waals surface area (Å²) in [6, 6.07) is 14.7. The van der Waals surface area contributed by atoms with E-state index in [4.69, 9.17) is 4.74 Å². The molecule has 2 aromatic carbocycles. The van der Waals surface area contributed by atoms with Crippen molar-refractivity contribution in [3.63, 3.8) is 0 Å². The molecule has 0 fully saturated rings. The molecule has 132 valence electrons. The smallest absolute Gasteiger partial charge is 0.312 e. The predicted molar refractivity (Wildman–Crippen MR) is 99.4 cm³/mol. The zero-order chi connectivity index (χ0) is 18.7. The summed E-state index contributed by atoms with van der Waals surface area (Å²) in [7, 11) is 0. The van der Waals surface area contributed by atoms with E-state index in [2.05, 4.69) is 0 Å². The average molecular weight is 357 g/mol. The van der Waals surface area contributed by atoms with Gasteiger partial charge in [0.05, 0.1) is 17.5 Å². The van der Waals surface area contributed by atoms with Crippen LogP contribution in [-0.2, 0) is 9.53 Å². The normalized spacial score (nSPS) is 18.5. The number of carbonyl (C=O) groups is 3. The molecule has 5 rings (SSSR count). The van der Waals surface area contributed by atoms with Crippen molar-refractivity contribution < 1.29 is 19.1 Å². The van der Waals surface area contributed by atoms with E-state index in [1.807, 2.05) is 30.3 Å². The molecule has 5 nitrogen and oxygen atoms in total. The van der Waals surface area contributed by atoms with Crippen LogP contribution in [0, 0.1) is 0 Å². The van der Waals surface area contributed by atoms with Crippen molar-refractivity contribution in [1.29, 1.82) is 0 Å². The van der Waals surface area contributed by atoms with Crippen molar-refractivity contribution in [3.8, 4) is 0 Å². The Balaban J connectivity index is 1.76. The van der Waals surface area contributed by atoms with Gasteiger partial charge in [0.25, 0.3) is 0 Å². The van der Waals surface area contributed by atoms with Crippen LogP contribution in [0.3, 0.4) is 0 Å². The first kappa shape index (κ1) is 15.8. The molecular weight excluding hydrogens is 342 g/mol. The number of carbonyl (C=O) groups excluding carboxylic acids is 3. The van der Waals surface area contributed by atoms with Crippen LogP contribution < -0.4 is 0 Å². The number of Topliss-reactive ketones (excluding diaryl/α,β-unsaturated/α-hetero) is 1. The van der Waals surface area contributed by atoms with E-state index in [9.17, 15) is 14.4 Å². The van der Waals surface area contributed by atoms with Gasteiger partial charge >= 0.3 is 5.97 Å². The van der Waals surface area contributed by atoms with Crippen molar-refractivity contribution in [2.75, 3.05) is 0 Å². The maximum atomic E-state index is 13.1. The van der Waals surface area contributed by atoms with E-state index < -0.39 is 5.92 Å². The number of fused-ring (bicyclic) bond motifs is 3. The molecule has 2 heterocycles. The van der Waals surface area contributed by atoms with Crippen molar-refractivity contribution in [2.24, 2.45) is 0 Å². The van der Waals surface area contributed by atoms with Crippen LogP contribution in [0.1, 0.15) is 45.5 Å². The number of ether oxygens (including phenoxy) is 1. The van der Waals surface area contributed by atoms with Crippen LogP contribution >= 0.6 is 0 Å². The number of para-hydroxylation sites is 1. The monoisotopic (exact) mass is 357 g/mol. The molecule has 0 N–H and O–H groups in total. The fourth-order valence-corrected chi connectivity index (χ4v) is 4.13. The molecule has 0 saturated heterocycles. The largest absolute Gasteiger partial charge is 0.425 e. The third kappa shape index (κ3) is 2.15. The Morgan fingerprint density at radius 3 is 2.52 bits per heavy atom. The van der Waals surface area contributed by atoms with Gasteiger partial charge in [0.15, 0.2) is 5.78 Å². The lowest BCUT2D eigenvalue weighted by Gasteiger charge is -2.23. The number of esters is 1. The third-order valence-corrected chi connectivity index (χ3v) is 5.30. The second-order valence-corrected chi connectivity index (χ2v) is 6.84. The summed E-state index contributed by atoms with van der Waals surface area (Å²) < 4.78 is 7.04. The lowest BCUT2D eigenvalue weighted by Crippen LogP contribution is -2.20.